The molecule has 0 heterocycles. The lowest BCUT2D eigenvalue weighted by atomic mass is 9.86. The van der Waals surface area contributed by atoms with E-state index >= 15 is 0 Å². The summed E-state index contributed by atoms with van der Waals surface area (Å²) in [6.07, 6.45) is 4.70. The minimum absolute atomic E-state index is 0.0351. The molecule has 0 aromatic heterocycles. The number of nitrogens with zero attached hydrogens (tertiary/aromatic N) is 1. The van der Waals surface area contributed by atoms with Gasteiger partial charge in [0.25, 0.3) is 0 Å². The fraction of sp³-hybridized carbons (Fsp3) is 0.588. The Balaban J connectivity index is 2.03. The highest BCUT2D eigenvalue weighted by molar-refractivity contribution is 5.83. The van der Waals surface area contributed by atoms with Gasteiger partial charge < -0.3 is 10.6 Å². The molecule has 20 heavy (non-hydrogen) atoms. The summed E-state index contributed by atoms with van der Waals surface area (Å²) in [5.41, 5.74) is 8.22. The summed E-state index contributed by atoms with van der Waals surface area (Å²) in [5, 5.41) is 0. The number of aryl methyl sites for hydroxylation is 1. The molecule has 1 aromatic rings. The number of amides is 1. The van der Waals surface area contributed by atoms with Gasteiger partial charge in [-0.2, -0.15) is 0 Å². The van der Waals surface area contributed by atoms with E-state index in [4.69, 9.17) is 5.73 Å². The maximum Gasteiger partial charge on any atom is 0.244 e. The van der Waals surface area contributed by atoms with E-state index in [1.165, 1.54) is 18.4 Å². The number of likely N-dealkylation sites (N-methyl/N-ethyl adjacent to an activating group) is 1. The second-order valence-corrected chi connectivity index (χ2v) is 6.26. The summed E-state index contributed by atoms with van der Waals surface area (Å²) in [7, 11) is 1.90. The predicted octanol–water partition coefficient (Wildman–Crippen LogP) is 3.03. The van der Waals surface area contributed by atoms with Crippen molar-refractivity contribution in [3.8, 4) is 0 Å². The molecule has 3 unspecified atom stereocenters. The van der Waals surface area contributed by atoms with Crippen LogP contribution < -0.4 is 5.73 Å². The summed E-state index contributed by atoms with van der Waals surface area (Å²) in [6, 6.07) is 7.72. The summed E-state index contributed by atoms with van der Waals surface area (Å²) in [5.74, 6) is 0.743. The lowest BCUT2D eigenvalue weighted by Crippen LogP contribution is -2.44. The van der Waals surface area contributed by atoms with Crippen molar-refractivity contribution < 1.29 is 4.79 Å². The molecule has 2 rings (SSSR count). The zero-order valence-electron chi connectivity index (χ0n) is 12.8. The second-order valence-electron chi connectivity index (χ2n) is 6.26. The molecule has 0 bridgehead atoms. The highest BCUT2D eigenvalue weighted by Gasteiger charge is 2.28. The van der Waals surface area contributed by atoms with Gasteiger partial charge in [0, 0.05) is 13.1 Å². The summed E-state index contributed by atoms with van der Waals surface area (Å²) in [4.78, 5) is 14.4. The van der Waals surface area contributed by atoms with Crippen LogP contribution in [0.3, 0.4) is 0 Å². The Morgan fingerprint density at radius 3 is 2.55 bits per heavy atom. The highest BCUT2D eigenvalue weighted by Crippen LogP contribution is 2.28. The summed E-state index contributed by atoms with van der Waals surface area (Å²) < 4.78 is 0. The fourth-order valence-electron chi connectivity index (χ4n) is 3.07. The van der Waals surface area contributed by atoms with Crippen molar-refractivity contribution in [2.75, 3.05) is 7.05 Å². The molecule has 3 atom stereocenters. The van der Waals surface area contributed by atoms with Crippen LogP contribution >= 0.6 is 0 Å². The number of nitrogens with two attached hydrogens (primary N) is 1. The molecule has 0 radical (unpaired) electrons. The molecule has 110 valence electrons. The molecule has 1 fully saturated rings. The van der Waals surface area contributed by atoms with E-state index in [0.29, 0.717) is 12.0 Å². The van der Waals surface area contributed by atoms with Crippen LogP contribution in [0, 0.1) is 12.8 Å². The van der Waals surface area contributed by atoms with E-state index in [9.17, 15) is 4.79 Å². The zero-order chi connectivity index (χ0) is 14.7. The number of carbonyl (C=O) groups is 1. The molecule has 1 saturated carbocycles. The van der Waals surface area contributed by atoms with Gasteiger partial charge in [-0.05, 0) is 31.2 Å². The molecule has 0 saturated heterocycles. The summed E-state index contributed by atoms with van der Waals surface area (Å²) in [6.45, 7) is 4.30. The quantitative estimate of drug-likeness (QED) is 0.921. The van der Waals surface area contributed by atoms with Crippen molar-refractivity contribution in [3.63, 3.8) is 0 Å². The minimum atomic E-state index is -0.544. The highest BCUT2D eigenvalue weighted by atomic mass is 16.2. The lowest BCUT2D eigenvalue weighted by molar-refractivity contribution is -0.134. The van der Waals surface area contributed by atoms with Gasteiger partial charge in [0.2, 0.25) is 5.91 Å². The molecule has 1 aromatic carbocycles. The van der Waals surface area contributed by atoms with Gasteiger partial charge in [0.1, 0.15) is 6.04 Å². The van der Waals surface area contributed by atoms with Crippen molar-refractivity contribution in [2.45, 2.75) is 51.6 Å². The third kappa shape index (κ3) is 3.40. The number of rotatable bonds is 3. The SMILES string of the molecule is Cc1ccc(C(N)C(=O)N(C)C2CCCC(C)C2)cc1. The molecular formula is C17H26N2O. The minimum Gasteiger partial charge on any atom is -0.341 e. The van der Waals surface area contributed by atoms with Crippen LogP contribution in [0.25, 0.3) is 0 Å². The van der Waals surface area contributed by atoms with E-state index < -0.39 is 6.04 Å². The topological polar surface area (TPSA) is 46.3 Å². The van der Waals surface area contributed by atoms with Gasteiger partial charge in [-0.25, -0.2) is 0 Å². The number of hydrogen-bond acceptors (Lipinski definition) is 2. The third-order valence-corrected chi connectivity index (χ3v) is 4.51. The lowest BCUT2D eigenvalue weighted by Gasteiger charge is -2.35. The predicted molar refractivity (Wildman–Crippen MR) is 82.3 cm³/mol. The molecule has 2 N–H and O–H groups in total. The van der Waals surface area contributed by atoms with Crippen molar-refractivity contribution in [1.82, 2.24) is 4.90 Å². The third-order valence-electron chi connectivity index (χ3n) is 4.51. The van der Waals surface area contributed by atoms with Crippen LogP contribution in [0.1, 0.15) is 49.8 Å². The molecule has 0 spiro atoms. The Morgan fingerprint density at radius 2 is 1.95 bits per heavy atom. The molecule has 3 nitrogen and oxygen atoms in total. The Labute approximate surface area is 122 Å². The van der Waals surface area contributed by atoms with Crippen LogP contribution in [-0.2, 0) is 4.79 Å². The molecule has 3 heteroatoms. The first kappa shape index (κ1) is 15.0. The fourth-order valence-corrected chi connectivity index (χ4v) is 3.07. The summed E-state index contributed by atoms with van der Waals surface area (Å²) >= 11 is 0. The van der Waals surface area contributed by atoms with Gasteiger partial charge in [-0.1, -0.05) is 49.6 Å². The molecule has 0 aliphatic heterocycles. The van der Waals surface area contributed by atoms with E-state index in [0.717, 1.165) is 18.4 Å². The normalized spacial score (nSPS) is 24.2. The average molecular weight is 274 g/mol. The van der Waals surface area contributed by atoms with Crippen LogP contribution in [0.2, 0.25) is 0 Å². The van der Waals surface area contributed by atoms with E-state index in [-0.39, 0.29) is 5.91 Å². The largest absolute Gasteiger partial charge is 0.341 e. The maximum atomic E-state index is 12.5. The van der Waals surface area contributed by atoms with E-state index in [2.05, 4.69) is 6.92 Å². The van der Waals surface area contributed by atoms with Crippen molar-refractivity contribution in [1.29, 1.82) is 0 Å². The van der Waals surface area contributed by atoms with E-state index in [1.807, 2.05) is 43.1 Å². The molecular weight excluding hydrogens is 248 g/mol. The van der Waals surface area contributed by atoms with Gasteiger partial charge in [0.15, 0.2) is 0 Å². The van der Waals surface area contributed by atoms with E-state index in [1.54, 1.807) is 0 Å². The van der Waals surface area contributed by atoms with Crippen molar-refractivity contribution >= 4 is 5.91 Å². The first-order valence-electron chi connectivity index (χ1n) is 7.58. The van der Waals surface area contributed by atoms with Gasteiger partial charge in [0.05, 0.1) is 0 Å². The molecule has 1 amide bonds. The first-order valence-corrected chi connectivity index (χ1v) is 7.58. The Morgan fingerprint density at radius 1 is 1.30 bits per heavy atom. The zero-order valence-corrected chi connectivity index (χ0v) is 12.8. The van der Waals surface area contributed by atoms with Crippen LogP contribution in [-0.4, -0.2) is 23.9 Å². The van der Waals surface area contributed by atoms with Crippen LogP contribution in [0.4, 0.5) is 0 Å². The first-order chi connectivity index (χ1) is 9.49. The number of carbonyl (C=O) groups excluding carboxylic acids is 1. The Kier molecular flexibility index (Phi) is 4.81. The second kappa shape index (κ2) is 6.40. The van der Waals surface area contributed by atoms with Crippen LogP contribution in [0.15, 0.2) is 24.3 Å². The number of benzene rings is 1. The van der Waals surface area contributed by atoms with Crippen molar-refractivity contribution in [2.24, 2.45) is 11.7 Å². The number of hydrogen-bond donors (Lipinski definition) is 1. The Hall–Kier alpha value is -1.35. The van der Waals surface area contributed by atoms with Gasteiger partial charge in [-0.15, -0.1) is 0 Å². The Bertz CT molecular complexity index is 455. The van der Waals surface area contributed by atoms with Crippen LogP contribution in [0.5, 0.6) is 0 Å². The van der Waals surface area contributed by atoms with Crippen molar-refractivity contribution in [3.05, 3.63) is 35.4 Å². The maximum absolute atomic E-state index is 12.5. The average Bonchev–Trinajstić information content (AvgIpc) is 2.46. The van der Waals surface area contributed by atoms with Gasteiger partial charge in [-0.3, -0.25) is 4.79 Å². The molecule has 1 aliphatic carbocycles. The van der Waals surface area contributed by atoms with Gasteiger partial charge >= 0.3 is 0 Å². The standard InChI is InChI=1S/C17H26N2O/c1-12-7-9-14(10-8-12)16(18)17(20)19(3)15-6-4-5-13(2)11-15/h7-10,13,15-16H,4-6,11,18H2,1-3H3. The smallest absolute Gasteiger partial charge is 0.244 e. The molecule has 1 aliphatic rings. The monoisotopic (exact) mass is 274 g/mol.